The summed E-state index contributed by atoms with van der Waals surface area (Å²) in [6, 6.07) is 12.9. The Bertz CT molecular complexity index is 1600. The number of rotatable bonds is 7. The van der Waals surface area contributed by atoms with Crippen molar-refractivity contribution in [3.63, 3.8) is 0 Å². The monoisotopic (exact) mass is 629 g/mol. The van der Waals surface area contributed by atoms with E-state index >= 15 is 8.78 Å². The minimum Gasteiger partial charge on any atom is -0.495 e. The number of hydrogen-bond acceptors (Lipinski definition) is 6. The molecular formula is C32H31Cl2F2N3O4. The second-order valence-electron chi connectivity index (χ2n) is 11.6. The molecule has 43 heavy (non-hydrogen) atoms. The van der Waals surface area contributed by atoms with Crippen LogP contribution in [-0.2, 0) is 14.9 Å². The van der Waals surface area contributed by atoms with Crippen LogP contribution in [0, 0.1) is 28.4 Å². The number of hydrogen-bond donors (Lipinski definition) is 2. The van der Waals surface area contributed by atoms with Gasteiger partial charge in [-0.1, -0.05) is 62.2 Å². The molecule has 4 rings (SSSR count). The summed E-state index contributed by atoms with van der Waals surface area (Å²) in [6.07, 6.45) is 0.322. The molecule has 11 heteroatoms. The van der Waals surface area contributed by atoms with Crippen molar-refractivity contribution in [3.8, 4) is 11.8 Å². The Balaban J connectivity index is 1.93. The summed E-state index contributed by atoms with van der Waals surface area (Å²) in [5, 5.41) is 16.9. The molecule has 1 saturated heterocycles. The normalized spacial score (nSPS) is 21.6. The van der Waals surface area contributed by atoms with Crippen molar-refractivity contribution in [2.75, 3.05) is 19.5 Å². The number of carbonyl (C=O) groups excluding carboxylic acids is 2. The smallest absolute Gasteiger partial charge is 0.337 e. The quantitative estimate of drug-likeness (QED) is 0.272. The van der Waals surface area contributed by atoms with E-state index in [1.807, 2.05) is 20.8 Å². The van der Waals surface area contributed by atoms with Crippen molar-refractivity contribution in [2.24, 2.45) is 5.41 Å². The van der Waals surface area contributed by atoms with Crippen LogP contribution in [0.2, 0.25) is 10.0 Å². The molecule has 0 radical (unpaired) electrons. The summed E-state index contributed by atoms with van der Waals surface area (Å²) in [5.41, 5.74) is -1.80. The molecule has 3 aromatic carbocycles. The highest BCUT2D eigenvalue weighted by molar-refractivity contribution is 6.31. The highest BCUT2D eigenvalue weighted by Gasteiger charge is 2.61. The number of methoxy groups -OCH3 is 2. The van der Waals surface area contributed by atoms with Gasteiger partial charge in [0, 0.05) is 22.5 Å². The maximum atomic E-state index is 15.8. The summed E-state index contributed by atoms with van der Waals surface area (Å²) in [7, 11) is 2.61. The van der Waals surface area contributed by atoms with Crippen LogP contribution in [0.15, 0.2) is 54.6 Å². The first-order valence-electron chi connectivity index (χ1n) is 13.4. The van der Waals surface area contributed by atoms with Gasteiger partial charge in [-0.2, -0.15) is 5.26 Å². The zero-order valence-electron chi connectivity index (χ0n) is 24.2. The molecule has 4 atom stereocenters. The standard InChI is InChI=1S/C32H31Cl2F2N3O4/c1-31(2,3)15-25-32(16-37,20-11-10-18(33)14-22(20)35)26(19-7-6-8-21(34)27(19)36)28(39-25)29(40)38-23-12-9-17(30(41)43-5)13-24(23)42-4/h6-14,25-26,28,39H,15H2,1-5H3,(H,38,40)/t25-,26?,28+,32-/m0/s1. The summed E-state index contributed by atoms with van der Waals surface area (Å²) in [5.74, 6) is -3.89. The maximum absolute atomic E-state index is 15.8. The Labute approximate surface area is 259 Å². The second-order valence-corrected chi connectivity index (χ2v) is 12.4. The first kappa shape index (κ1) is 32.2. The molecule has 0 saturated carbocycles. The van der Waals surface area contributed by atoms with Gasteiger partial charge in [-0.25, -0.2) is 13.6 Å². The summed E-state index contributed by atoms with van der Waals surface area (Å²) >= 11 is 12.3. The number of esters is 1. The van der Waals surface area contributed by atoms with Gasteiger partial charge in [-0.3, -0.25) is 4.79 Å². The van der Waals surface area contributed by atoms with Crippen molar-refractivity contribution in [1.82, 2.24) is 5.32 Å². The average Bonchev–Trinajstić information content (AvgIpc) is 3.27. The van der Waals surface area contributed by atoms with Gasteiger partial charge in [0.05, 0.1) is 42.6 Å². The summed E-state index contributed by atoms with van der Waals surface area (Å²) < 4.78 is 41.8. The second kappa shape index (κ2) is 12.5. The van der Waals surface area contributed by atoms with E-state index in [1.54, 1.807) is 0 Å². The van der Waals surface area contributed by atoms with Gasteiger partial charge in [-0.05, 0) is 53.8 Å². The van der Waals surface area contributed by atoms with Crippen LogP contribution in [-0.4, -0.2) is 38.2 Å². The van der Waals surface area contributed by atoms with E-state index in [9.17, 15) is 14.9 Å². The lowest BCUT2D eigenvalue weighted by atomic mass is 9.62. The first-order valence-corrected chi connectivity index (χ1v) is 14.2. The fraction of sp³-hybridized carbons (Fsp3) is 0.344. The molecule has 226 valence electrons. The maximum Gasteiger partial charge on any atom is 0.337 e. The largest absolute Gasteiger partial charge is 0.495 e. The van der Waals surface area contributed by atoms with E-state index in [0.717, 1.165) is 6.07 Å². The lowest BCUT2D eigenvalue weighted by Gasteiger charge is -2.37. The Morgan fingerprint density at radius 1 is 1.09 bits per heavy atom. The summed E-state index contributed by atoms with van der Waals surface area (Å²) in [4.78, 5) is 26.2. The SMILES string of the molecule is COC(=O)c1ccc(NC(=O)[C@@H]2N[C@@H](CC(C)(C)C)[C@](C#N)(c3ccc(Cl)cc3F)C2c2cccc(Cl)c2F)c(OC)c1. The Morgan fingerprint density at radius 3 is 2.42 bits per heavy atom. The Morgan fingerprint density at radius 2 is 1.81 bits per heavy atom. The fourth-order valence-corrected chi connectivity index (χ4v) is 6.15. The van der Waals surface area contributed by atoms with Crippen LogP contribution in [0.25, 0.3) is 0 Å². The van der Waals surface area contributed by atoms with Gasteiger partial charge in [0.1, 0.15) is 22.8 Å². The number of anilines is 1. The van der Waals surface area contributed by atoms with Crippen LogP contribution in [0.3, 0.4) is 0 Å². The van der Waals surface area contributed by atoms with Crippen molar-refractivity contribution >= 4 is 40.8 Å². The minimum absolute atomic E-state index is 0.0270. The number of ether oxygens (including phenoxy) is 2. The molecule has 0 spiro atoms. The van der Waals surface area contributed by atoms with E-state index in [4.69, 9.17) is 32.7 Å². The van der Waals surface area contributed by atoms with Crippen molar-refractivity contribution < 1.29 is 27.8 Å². The number of amides is 1. The molecule has 1 unspecified atom stereocenters. The zero-order chi connectivity index (χ0) is 31.7. The first-order chi connectivity index (χ1) is 20.3. The van der Waals surface area contributed by atoms with Crippen LogP contribution in [0.5, 0.6) is 5.75 Å². The van der Waals surface area contributed by atoms with E-state index < -0.39 is 52.3 Å². The molecule has 3 aromatic rings. The highest BCUT2D eigenvalue weighted by atomic mass is 35.5. The van der Waals surface area contributed by atoms with Gasteiger partial charge in [0.25, 0.3) is 0 Å². The number of halogens is 4. The molecule has 1 aliphatic heterocycles. The zero-order valence-corrected chi connectivity index (χ0v) is 25.7. The predicted molar refractivity (Wildman–Crippen MR) is 161 cm³/mol. The van der Waals surface area contributed by atoms with E-state index in [0.29, 0.717) is 6.42 Å². The average molecular weight is 631 g/mol. The highest BCUT2D eigenvalue weighted by Crippen LogP contribution is 2.53. The molecule has 1 heterocycles. The van der Waals surface area contributed by atoms with Gasteiger partial charge >= 0.3 is 5.97 Å². The third kappa shape index (κ3) is 6.19. The number of carbonyl (C=O) groups is 2. The van der Waals surface area contributed by atoms with Gasteiger partial charge in [0.2, 0.25) is 5.91 Å². The molecule has 2 N–H and O–H groups in total. The predicted octanol–water partition coefficient (Wildman–Crippen LogP) is 7.03. The molecule has 0 aromatic heterocycles. The fourth-order valence-electron chi connectivity index (χ4n) is 5.81. The molecule has 7 nitrogen and oxygen atoms in total. The minimum atomic E-state index is -1.77. The third-order valence-corrected chi connectivity index (χ3v) is 8.14. The van der Waals surface area contributed by atoms with Crippen molar-refractivity contribution in [3.05, 3.63) is 93.0 Å². The Hall–Kier alpha value is -3.71. The number of nitrogens with one attached hydrogen (secondary N) is 2. The molecule has 1 aliphatic rings. The molecule has 0 bridgehead atoms. The van der Waals surface area contributed by atoms with Crippen LogP contribution >= 0.6 is 23.2 Å². The topological polar surface area (TPSA) is 100 Å². The van der Waals surface area contributed by atoms with Crippen LogP contribution in [0.4, 0.5) is 14.5 Å². The molecule has 1 amide bonds. The van der Waals surface area contributed by atoms with Gasteiger partial charge in [0.15, 0.2) is 0 Å². The number of nitrogens with zero attached hydrogens (tertiary/aromatic N) is 1. The molecular weight excluding hydrogens is 599 g/mol. The van der Waals surface area contributed by atoms with E-state index in [-0.39, 0.29) is 38.2 Å². The number of benzene rings is 3. The van der Waals surface area contributed by atoms with Crippen LogP contribution < -0.4 is 15.4 Å². The van der Waals surface area contributed by atoms with Crippen molar-refractivity contribution in [1.29, 1.82) is 5.26 Å². The summed E-state index contributed by atoms with van der Waals surface area (Å²) in [6.45, 7) is 5.85. The Kier molecular flexibility index (Phi) is 9.36. The van der Waals surface area contributed by atoms with E-state index in [2.05, 4.69) is 16.7 Å². The third-order valence-electron chi connectivity index (χ3n) is 7.61. The number of nitriles is 1. The van der Waals surface area contributed by atoms with E-state index in [1.165, 1.54) is 62.8 Å². The lowest BCUT2D eigenvalue weighted by molar-refractivity contribution is -0.118. The van der Waals surface area contributed by atoms with Crippen molar-refractivity contribution in [2.45, 2.75) is 50.6 Å². The van der Waals surface area contributed by atoms with Gasteiger partial charge in [-0.15, -0.1) is 0 Å². The lowest BCUT2D eigenvalue weighted by Crippen LogP contribution is -2.45. The molecule has 0 aliphatic carbocycles. The van der Waals surface area contributed by atoms with Gasteiger partial charge < -0.3 is 20.1 Å². The van der Waals surface area contributed by atoms with Crippen LogP contribution in [0.1, 0.15) is 54.6 Å². The molecule has 1 fully saturated rings.